The predicted molar refractivity (Wildman–Crippen MR) is 81.7 cm³/mol. The summed E-state index contributed by atoms with van der Waals surface area (Å²) in [6.45, 7) is 5.99. The maximum absolute atomic E-state index is 12.4. The highest BCUT2D eigenvalue weighted by Gasteiger charge is 2.19. The third-order valence-corrected chi connectivity index (χ3v) is 5.59. The number of aryl methyl sites for hydroxylation is 3. The molecule has 0 saturated heterocycles. The number of nitrogens with zero attached hydrogens (tertiary/aromatic N) is 1. The Kier molecular flexibility index (Phi) is 4.57. The van der Waals surface area contributed by atoms with E-state index < -0.39 is 10.0 Å². The topological polar surface area (TPSA) is 59.1 Å². The number of benzene rings is 1. The number of hydrogen-bond acceptors (Lipinski definition) is 4. The Morgan fingerprint density at radius 2 is 1.85 bits per heavy atom. The van der Waals surface area contributed by atoms with Gasteiger partial charge in [0.1, 0.15) is 0 Å². The lowest BCUT2D eigenvalue weighted by Crippen LogP contribution is -2.27. The van der Waals surface area contributed by atoms with Gasteiger partial charge in [0.2, 0.25) is 10.0 Å². The normalized spacial score (nSPS) is 11.8. The number of sulfonamides is 1. The van der Waals surface area contributed by atoms with E-state index in [0.717, 1.165) is 21.7 Å². The molecule has 4 nitrogen and oxygen atoms in total. The molecule has 0 radical (unpaired) electrons. The van der Waals surface area contributed by atoms with Gasteiger partial charge in [-0.1, -0.05) is 17.7 Å². The van der Waals surface area contributed by atoms with Crippen LogP contribution in [0.15, 0.2) is 28.6 Å². The van der Waals surface area contributed by atoms with Gasteiger partial charge in [0, 0.05) is 24.5 Å². The Bertz CT molecular complexity index is 669. The molecule has 1 aromatic heterocycles. The van der Waals surface area contributed by atoms with Crippen LogP contribution in [-0.2, 0) is 16.4 Å². The maximum Gasteiger partial charge on any atom is 0.241 e. The van der Waals surface area contributed by atoms with Crippen molar-refractivity contribution in [1.82, 2.24) is 9.71 Å². The number of thiazole rings is 1. The van der Waals surface area contributed by atoms with Gasteiger partial charge in [-0.05, 0) is 31.9 Å². The molecule has 0 saturated carbocycles. The van der Waals surface area contributed by atoms with Crippen molar-refractivity contribution in [1.29, 1.82) is 0 Å². The van der Waals surface area contributed by atoms with Crippen LogP contribution in [0.2, 0.25) is 0 Å². The summed E-state index contributed by atoms with van der Waals surface area (Å²) in [5, 5.41) is 2.82. The van der Waals surface area contributed by atoms with Crippen LogP contribution >= 0.6 is 11.3 Å². The Morgan fingerprint density at radius 1 is 1.20 bits per heavy atom. The zero-order valence-electron chi connectivity index (χ0n) is 11.8. The van der Waals surface area contributed by atoms with Crippen molar-refractivity contribution < 1.29 is 8.42 Å². The Morgan fingerprint density at radius 3 is 2.40 bits per heavy atom. The molecule has 0 aliphatic heterocycles. The summed E-state index contributed by atoms with van der Waals surface area (Å²) in [6, 6.07) is 3.78. The average Bonchev–Trinajstić information content (AvgIpc) is 2.79. The third kappa shape index (κ3) is 3.45. The van der Waals surface area contributed by atoms with Crippen molar-refractivity contribution in [3.05, 3.63) is 45.4 Å². The van der Waals surface area contributed by atoms with Crippen molar-refractivity contribution >= 4 is 21.4 Å². The molecule has 0 aliphatic rings. The lowest BCUT2D eigenvalue weighted by atomic mass is 10.1. The average molecular weight is 310 g/mol. The fraction of sp³-hybridized carbons (Fsp3) is 0.357. The molecule has 0 unspecified atom stereocenters. The quantitative estimate of drug-likeness (QED) is 0.923. The summed E-state index contributed by atoms with van der Waals surface area (Å²) >= 11 is 1.53. The molecule has 1 heterocycles. The van der Waals surface area contributed by atoms with Crippen molar-refractivity contribution in [2.24, 2.45) is 0 Å². The highest BCUT2D eigenvalue weighted by molar-refractivity contribution is 7.89. The standard InChI is InChI=1S/C14H18N2O2S2/c1-10-8-11(2)14(12(3)9-10)20(17,18)16-5-4-13-15-6-7-19-13/h6-9,16H,4-5H2,1-3H3. The van der Waals surface area contributed by atoms with E-state index in [1.165, 1.54) is 11.3 Å². The monoisotopic (exact) mass is 310 g/mol. The van der Waals surface area contributed by atoms with Crippen LogP contribution in [0.4, 0.5) is 0 Å². The largest absolute Gasteiger partial charge is 0.250 e. The molecule has 0 bridgehead atoms. The van der Waals surface area contributed by atoms with Gasteiger partial charge in [-0.3, -0.25) is 0 Å². The van der Waals surface area contributed by atoms with Crippen LogP contribution in [0.25, 0.3) is 0 Å². The molecule has 0 amide bonds. The molecule has 1 N–H and O–H groups in total. The van der Waals surface area contributed by atoms with Crippen molar-refractivity contribution in [2.75, 3.05) is 6.54 Å². The zero-order valence-corrected chi connectivity index (χ0v) is 13.4. The zero-order chi connectivity index (χ0) is 14.8. The van der Waals surface area contributed by atoms with Gasteiger partial charge in [-0.15, -0.1) is 11.3 Å². The number of hydrogen-bond donors (Lipinski definition) is 1. The van der Waals surface area contributed by atoms with E-state index in [0.29, 0.717) is 17.9 Å². The molecule has 0 atom stereocenters. The Hall–Kier alpha value is -1.24. The maximum atomic E-state index is 12.4. The van der Waals surface area contributed by atoms with Gasteiger partial charge in [-0.25, -0.2) is 18.1 Å². The lowest BCUT2D eigenvalue weighted by Gasteiger charge is -2.12. The van der Waals surface area contributed by atoms with Crippen LogP contribution in [0, 0.1) is 20.8 Å². The second-order valence-electron chi connectivity index (χ2n) is 4.80. The van der Waals surface area contributed by atoms with Gasteiger partial charge < -0.3 is 0 Å². The first-order valence-corrected chi connectivity index (χ1v) is 8.72. The number of rotatable bonds is 5. The highest BCUT2D eigenvalue weighted by atomic mass is 32.2. The minimum absolute atomic E-state index is 0.364. The second kappa shape index (κ2) is 6.03. The lowest BCUT2D eigenvalue weighted by molar-refractivity contribution is 0.580. The Labute approximate surface area is 123 Å². The smallest absolute Gasteiger partial charge is 0.241 e. The highest BCUT2D eigenvalue weighted by Crippen LogP contribution is 2.21. The van der Waals surface area contributed by atoms with Gasteiger partial charge in [0.25, 0.3) is 0 Å². The van der Waals surface area contributed by atoms with Crippen LogP contribution in [0.5, 0.6) is 0 Å². The SMILES string of the molecule is Cc1cc(C)c(S(=O)(=O)NCCc2nccs2)c(C)c1. The minimum Gasteiger partial charge on any atom is -0.250 e. The Balaban J connectivity index is 2.14. The minimum atomic E-state index is -3.46. The molecule has 0 aliphatic carbocycles. The van der Waals surface area contributed by atoms with E-state index in [2.05, 4.69) is 9.71 Å². The first-order valence-electron chi connectivity index (χ1n) is 6.36. The van der Waals surface area contributed by atoms with E-state index in [1.54, 1.807) is 6.20 Å². The van der Waals surface area contributed by atoms with Crippen LogP contribution in [0.1, 0.15) is 21.7 Å². The predicted octanol–water partition coefficient (Wildman–Crippen LogP) is 2.59. The van der Waals surface area contributed by atoms with E-state index in [1.807, 2.05) is 38.3 Å². The van der Waals surface area contributed by atoms with Crippen LogP contribution in [-0.4, -0.2) is 19.9 Å². The number of nitrogens with one attached hydrogen (secondary N) is 1. The molecule has 2 aromatic rings. The summed E-state index contributed by atoms with van der Waals surface area (Å²) in [6.07, 6.45) is 2.34. The van der Waals surface area contributed by atoms with Crippen molar-refractivity contribution in [2.45, 2.75) is 32.1 Å². The summed E-state index contributed by atoms with van der Waals surface area (Å²) in [7, 11) is -3.46. The molecular formula is C14H18N2O2S2. The fourth-order valence-corrected chi connectivity index (χ4v) is 4.43. The van der Waals surface area contributed by atoms with Crippen molar-refractivity contribution in [3.63, 3.8) is 0 Å². The second-order valence-corrected chi connectivity index (χ2v) is 7.48. The molecule has 2 rings (SSSR count). The molecular weight excluding hydrogens is 292 g/mol. The van der Waals surface area contributed by atoms with Gasteiger partial charge in [-0.2, -0.15) is 0 Å². The molecule has 1 aromatic carbocycles. The first kappa shape index (κ1) is 15.2. The van der Waals surface area contributed by atoms with Gasteiger partial charge in [0.05, 0.1) is 9.90 Å². The van der Waals surface area contributed by atoms with Crippen LogP contribution in [0.3, 0.4) is 0 Å². The van der Waals surface area contributed by atoms with Crippen molar-refractivity contribution in [3.8, 4) is 0 Å². The summed E-state index contributed by atoms with van der Waals surface area (Å²) in [5.41, 5.74) is 2.63. The van der Waals surface area contributed by atoms with Gasteiger partial charge >= 0.3 is 0 Å². The molecule has 6 heteroatoms. The fourth-order valence-electron chi connectivity index (χ4n) is 2.33. The summed E-state index contributed by atoms with van der Waals surface area (Å²) in [4.78, 5) is 4.53. The summed E-state index contributed by atoms with van der Waals surface area (Å²) < 4.78 is 27.4. The molecule has 108 valence electrons. The molecule has 0 fully saturated rings. The van der Waals surface area contributed by atoms with E-state index in [9.17, 15) is 8.42 Å². The van der Waals surface area contributed by atoms with Crippen LogP contribution < -0.4 is 4.72 Å². The third-order valence-electron chi connectivity index (χ3n) is 2.99. The molecule has 20 heavy (non-hydrogen) atoms. The summed E-state index contributed by atoms with van der Waals surface area (Å²) in [5.74, 6) is 0. The van der Waals surface area contributed by atoms with E-state index >= 15 is 0 Å². The van der Waals surface area contributed by atoms with E-state index in [-0.39, 0.29) is 0 Å². The van der Waals surface area contributed by atoms with E-state index in [4.69, 9.17) is 0 Å². The first-order chi connectivity index (χ1) is 9.40. The van der Waals surface area contributed by atoms with Gasteiger partial charge in [0.15, 0.2) is 0 Å². The molecule has 0 spiro atoms. The number of aromatic nitrogens is 1.